The maximum atomic E-state index is 9.09. The Hall–Kier alpha value is 0.270. The van der Waals surface area contributed by atoms with Crippen molar-refractivity contribution in [1.82, 2.24) is 5.32 Å². The lowest BCUT2D eigenvalue weighted by Gasteiger charge is -2.14. The number of rotatable bonds is 2. The molecule has 0 aromatic rings. The molecule has 1 fully saturated rings. The monoisotopic (exact) mass is 161 g/mol. The first-order valence-corrected chi connectivity index (χ1v) is 4.78. The fourth-order valence-electron chi connectivity index (χ4n) is 1.17. The summed E-state index contributed by atoms with van der Waals surface area (Å²) in [4.78, 5) is 0. The molecular weight excluding hydrogens is 146 g/mol. The van der Waals surface area contributed by atoms with E-state index in [0.29, 0.717) is 11.3 Å². The Bertz CT molecular complexity index is 108. The van der Waals surface area contributed by atoms with Crippen LogP contribution >= 0.6 is 11.8 Å². The van der Waals surface area contributed by atoms with Crippen LogP contribution in [0.2, 0.25) is 0 Å². The Labute approximate surface area is 66.4 Å². The van der Waals surface area contributed by atoms with E-state index >= 15 is 0 Å². The van der Waals surface area contributed by atoms with E-state index < -0.39 is 0 Å². The van der Waals surface area contributed by atoms with Crippen molar-refractivity contribution in [1.29, 1.82) is 0 Å². The Morgan fingerprint density at radius 3 is 2.90 bits per heavy atom. The van der Waals surface area contributed by atoms with Crippen LogP contribution < -0.4 is 5.32 Å². The molecule has 0 bridgehead atoms. The highest BCUT2D eigenvalue weighted by Crippen LogP contribution is 2.24. The molecule has 0 spiro atoms. The third-order valence-corrected chi connectivity index (χ3v) is 3.20. The fourth-order valence-corrected chi connectivity index (χ4v) is 2.54. The van der Waals surface area contributed by atoms with E-state index in [1.807, 2.05) is 18.7 Å². The van der Waals surface area contributed by atoms with Gasteiger partial charge in [-0.15, -0.1) is 11.8 Å². The van der Waals surface area contributed by atoms with Gasteiger partial charge in [0.15, 0.2) is 0 Å². The van der Waals surface area contributed by atoms with Crippen LogP contribution in [0.4, 0.5) is 0 Å². The zero-order valence-corrected chi connectivity index (χ0v) is 7.32. The Kier molecular flexibility index (Phi) is 3.01. The summed E-state index contributed by atoms with van der Waals surface area (Å²) < 4.78 is 0. The van der Waals surface area contributed by atoms with Gasteiger partial charge in [-0.25, -0.2) is 0 Å². The SMILES string of the molecule is CC(O)CC1SCNC1C. The van der Waals surface area contributed by atoms with Crippen molar-refractivity contribution < 1.29 is 5.11 Å². The molecule has 0 aromatic heterocycles. The first-order valence-electron chi connectivity index (χ1n) is 3.73. The number of nitrogens with one attached hydrogen (secondary N) is 1. The predicted octanol–water partition coefficient (Wildman–Crippen LogP) is 0.808. The van der Waals surface area contributed by atoms with Gasteiger partial charge in [0.05, 0.1) is 6.10 Å². The molecule has 1 rings (SSSR count). The quantitative estimate of drug-likeness (QED) is 0.628. The molecule has 3 heteroatoms. The van der Waals surface area contributed by atoms with E-state index in [1.54, 1.807) is 0 Å². The smallest absolute Gasteiger partial charge is 0.0523 e. The molecule has 0 aliphatic carbocycles. The molecular formula is C7H15NOS. The lowest BCUT2D eigenvalue weighted by atomic mass is 10.1. The molecule has 3 unspecified atom stereocenters. The van der Waals surface area contributed by atoms with E-state index in [-0.39, 0.29) is 6.10 Å². The number of hydrogen-bond donors (Lipinski definition) is 2. The largest absolute Gasteiger partial charge is 0.393 e. The van der Waals surface area contributed by atoms with Crippen LogP contribution in [0.15, 0.2) is 0 Å². The second-order valence-corrected chi connectivity index (χ2v) is 4.15. The minimum atomic E-state index is -0.153. The minimum Gasteiger partial charge on any atom is -0.393 e. The molecule has 0 saturated carbocycles. The summed E-state index contributed by atoms with van der Waals surface area (Å²) in [6, 6.07) is 0.569. The maximum Gasteiger partial charge on any atom is 0.0523 e. The van der Waals surface area contributed by atoms with Crippen molar-refractivity contribution >= 4 is 11.8 Å². The lowest BCUT2D eigenvalue weighted by Crippen LogP contribution is -2.28. The molecule has 0 radical (unpaired) electrons. The summed E-state index contributed by atoms with van der Waals surface area (Å²) in [5, 5.41) is 13.0. The van der Waals surface area contributed by atoms with Crippen LogP contribution in [0.5, 0.6) is 0 Å². The molecule has 1 heterocycles. The second kappa shape index (κ2) is 3.60. The lowest BCUT2D eigenvalue weighted by molar-refractivity contribution is 0.181. The average molecular weight is 161 g/mol. The Balaban J connectivity index is 2.26. The Morgan fingerprint density at radius 2 is 2.50 bits per heavy atom. The summed E-state index contributed by atoms with van der Waals surface area (Å²) in [5.41, 5.74) is 0. The molecule has 1 aliphatic heterocycles. The van der Waals surface area contributed by atoms with Gasteiger partial charge < -0.3 is 10.4 Å². The standard InChI is InChI=1S/C7H15NOS/c1-5(9)3-7-6(2)8-4-10-7/h5-9H,3-4H2,1-2H3. The van der Waals surface area contributed by atoms with E-state index in [0.717, 1.165) is 12.3 Å². The summed E-state index contributed by atoms with van der Waals surface area (Å²) in [6.45, 7) is 4.03. The molecule has 60 valence electrons. The van der Waals surface area contributed by atoms with Crippen molar-refractivity contribution in [3.05, 3.63) is 0 Å². The van der Waals surface area contributed by atoms with Crippen molar-refractivity contribution in [3.63, 3.8) is 0 Å². The zero-order valence-electron chi connectivity index (χ0n) is 6.50. The molecule has 1 aliphatic rings. The molecule has 2 N–H and O–H groups in total. The molecule has 2 nitrogen and oxygen atoms in total. The minimum absolute atomic E-state index is 0.153. The maximum absolute atomic E-state index is 9.09. The number of aliphatic hydroxyl groups excluding tert-OH is 1. The highest BCUT2D eigenvalue weighted by atomic mass is 32.2. The van der Waals surface area contributed by atoms with Gasteiger partial charge in [0.25, 0.3) is 0 Å². The third kappa shape index (κ3) is 2.15. The van der Waals surface area contributed by atoms with Crippen LogP contribution in [-0.4, -0.2) is 28.4 Å². The van der Waals surface area contributed by atoms with Gasteiger partial charge in [-0.2, -0.15) is 0 Å². The van der Waals surface area contributed by atoms with Crippen molar-refractivity contribution in [3.8, 4) is 0 Å². The molecule has 1 saturated heterocycles. The van der Waals surface area contributed by atoms with Crippen LogP contribution in [0.25, 0.3) is 0 Å². The predicted molar refractivity (Wildman–Crippen MR) is 45.1 cm³/mol. The topological polar surface area (TPSA) is 32.3 Å². The van der Waals surface area contributed by atoms with Crippen LogP contribution in [-0.2, 0) is 0 Å². The number of aliphatic hydroxyl groups is 1. The van der Waals surface area contributed by atoms with Crippen LogP contribution in [0, 0.1) is 0 Å². The van der Waals surface area contributed by atoms with E-state index in [9.17, 15) is 0 Å². The molecule has 10 heavy (non-hydrogen) atoms. The van der Waals surface area contributed by atoms with E-state index in [1.165, 1.54) is 0 Å². The first kappa shape index (κ1) is 8.37. The van der Waals surface area contributed by atoms with Gasteiger partial charge in [-0.1, -0.05) is 0 Å². The average Bonchev–Trinajstić information content (AvgIpc) is 2.15. The van der Waals surface area contributed by atoms with Crippen LogP contribution in [0.3, 0.4) is 0 Å². The summed E-state index contributed by atoms with van der Waals surface area (Å²) in [5.74, 6) is 1.04. The summed E-state index contributed by atoms with van der Waals surface area (Å²) in [7, 11) is 0. The van der Waals surface area contributed by atoms with Gasteiger partial charge in [0.2, 0.25) is 0 Å². The van der Waals surface area contributed by atoms with Crippen molar-refractivity contribution in [2.75, 3.05) is 5.88 Å². The van der Waals surface area contributed by atoms with Gasteiger partial charge in [0, 0.05) is 17.2 Å². The van der Waals surface area contributed by atoms with E-state index in [2.05, 4.69) is 12.2 Å². The number of hydrogen-bond acceptors (Lipinski definition) is 3. The van der Waals surface area contributed by atoms with Gasteiger partial charge in [0.1, 0.15) is 0 Å². The van der Waals surface area contributed by atoms with Crippen LogP contribution in [0.1, 0.15) is 20.3 Å². The summed E-state index contributed by atoms with van der Waals surface area (Å²) >= 11 is 1.91. The molecule has 0 amide bonds. The van der Waals surface area contributed by atoms with Crippen molar-refractivity contribution in [2.24, 2.45) is 0 Å². The Morgan fingerprint density at radius 1 is 1.80 bits per heavy atom. The highest BCUT2D eigenvalue weighted by molar-refractivity contribution is 8.00. The van der Waals surface area contributed by atoms with Gasteiger partial charge >= 0.3 is 0 Å². The summed E-state index contributed by atoms with van der Waals surface area (Å²) in [6.07, 6.45) is 0.763. The zero-order chi connectivity index (χ0) is 7.56. The van der Waals surface area contributed by atoms with Crippen molar-refractivity contribution in [2.45, 2.75) is 37.7 Å². The normalized spacial score (nSPS) is 36.3. The second-order valence-electron chi connectivity index (χ2n) is 2.93. The van der Waals surface area contributed by atoms with E-state index in [4.69, 9.17) is 5.11 Å². The third-order valence-electron chi connectivity index (χ3n) is 1.83. The molecule has 3 atom stereocenters. The highest BCUT2D eigenvalue weighted by Gasteiger charge is 2.24. The van der Waals surface area contributed by atoms with Gasteiger partial charge in [-0.05, 0) is 20.3 Å². The first-order chi connectivity index (χ1) is 4.70. The fraction of sp³-hybridized carbons (Fsp3) is 1.00. The molecule has 0 aromatic carbocycles. The number of thioether (sulfide) groups is 1. The van der Waals surface area contributed by atoms with Gasteiger partial charge in [-0.3, -0.25) is 0 Å².